The third kappa shape index (κ3) is 3.68. The van der Waals surface area contributed by atoms with Crippen molar-refractivity contribution in [3.05, 3.63) is 41.6 Å². The quantitative estimate of drug-likeness (QED) is 0.939. The first-order valence-electron chi connectivity index (χ1n) is 8.06. The average Bonchev–Trinajstić information content (AvgIpc) is 2.59. The Labute approximate surface area is 135 Å². The Morgan fingerprint density at radius 3 is 2.83 bits per heavy atom. The number of pyridine rings is 1. The zero-order valence-electron chi connectivity index (χ0n) is 13.4. The number of carbonyl (C=O) groups is 1. The number of nitrogens with zero attached hydrogens (tertiary/aromatic N) is 2. The number of ether oxygens (including phenoxy) is 1. The number of hydrogen-bond acceptors (Lipinski definition) is 4. The van der Waals surface area contributed by atoms with Crippen molar-refractivity contribution in [3.8, 4) is 0 Å². The molecule has 0 atom stereocenters. The molecule has 0 radical (unpaired) electrons. The van der Waals surface area contributed by atoms with Gasteiger partial charge < -0.3 is 14.7 Å². The van der Waals surface area contributed by atoms with Crippen molar-refractivity contribution in [2.45, 2.75) is 25.9 Å². The fraction of sp³-hybridized carbons (Fsp3) is 0.444. The molecule has 0 spiro atoms. The van der Waals surface area contributed by atoms with Crippen LogP contribution in [0.1, 0.15) is 28.9 Å². The van der Waals surface area contributed by atoms with Gasteiger partial charge in [0.15, 0.2) is 0 Å². The molecule has 1 aromatic carbocycles. The lowest BCUT2D eigenvalue weighted by atomic mass is 10.0. The molecule has 0 aliphatic carbocycles. The Morgan fingerprint density at radius 1 is 1.30 bits per heavy atom. The smallest absolute Gasteiger partial charge is 0.253 e. The molecule has 122 valence electrons. The van der Waals surface area contributed by atoms with Crippen molar-refractivity contribution in [2.75, 3.05) is 26.3 Å². The number of aliphatic hydroxyl groups is 1. The fourth-order valence-electron chi connectivity index (χ4n) is 2.99. The van der Waals surface area contributed by atoms with Gasteiger partial charge >= 0.3 is 0 Å². The molecule has 0 unspecified atom stereocenters. The molecule has 5 nitrogen and oxygen atoms in total. The number of carbonyl (C=O) groups excluding carboxylic acids is 1. The summed E-state index contributed by atoms with van der Waals surface area (Å²) in [5.41, 5.74) is 2.59. The minimum atomic E-state index is 0.0454. The van der Waals surface area contributed by atoms with E-state index >= 15 is 0 Å². The summed E-state index contributed by atoms with van der Waals surface area (Å²) in [6.45, 7) is 3.76. The minimum Gasteiger partial charge on any atom is -0.394 e. The van der Waals surface area contributed by atoms with Crippen LogP contribution in [-0.2, 0) is 4.74 Å². The van der Waals surface area contributed by atoms with E-state index < -0.39 is 0 Å². The molecule has 2 heterocycles. The predicted octanol–water partition coefficient (Wildman–Crippen LogP) is 2.16. The van der Waals surface area contributed by atoms with Gasteiger partial charge in [0, 0.05) is 29.7 Å². The Kier molecular flexibility index (Phi) is 4.88. The van der Waals surface area contributed by atoms with Gasteiger partial charge in [0.1, 0.15) is 0 Å². The molecule has 0 bridgehead atoms. The predicted molar refractivity (Wildman–Crippen MR) is 88.4 cm³/mol. The molecule has 1 aromatic heterocycles. The molecule has 23 heavy (non-hydrogen) atoms. The maximum atomic E-state index is 12.7. The summed E-state index contributed by atoms with van der Waals surface area (Å²) in [6.07, 6.45) is 1.79. The number of likely N-dealkylation sites (tertiary alicyclic amines) is 1. The van der Waals surface area contributed by atoms with E-state index in [9.17, 15) is 4.79 Å². The second-order valence-electron chi connectivity index (χ2n) is 5.95. The molecule has 0 saturated carbocycles. The van der Waals surface area contributed by atoms with Gasteiger partial charge in [0.2, 0.25) is 0 Å². The number of hydrogen-bond donors (Lipinski definition) is 1. The highest BCUT2D eigenvalue weighted by Gasteiger charge is 2.24. The topological polar surface area (TPSA) is 62.7 Å². The summed E-state index contributed by atoms with van der Waals surface area (Å²) in [6, 6.07) is 9.64. The first-order valence-corrected chi connectivity index (χ1v) is 8.06. The van der Waals surface area contributed by atoms with E-state index in [0.717, 1.165) is 29.4 Å². The zero-order valence-corrected chi connectivity index (χ0v) is 13.4. The van der Waals surface area contributed by atoms with Gasteiger partial charge in [0.25, 0.3) is 5.91 Å². The van der Waals surface area contributed by atoms with Crippen molar-refractivity contribution in [3.63, 3.8) is 0 Å². The van der Waals surface area contributed by atoms with Gasteiger partial charge in [0.05, 0.1) is 24.8 Å². The number of fused-ring (bicyclic) bond motifs is 1. The van der Waals surface area contributed by atoms with E-state index in [1.165, 1.54) is 0 Å². The molecule has 5 heteroatoms. The van der Waals surface area contributed by atoms with Crippen LogP contribution >= 0.6 is 0 Å². The van der Waals surface area contributed by atoms with Gasteiger partial charge in [-0.25, -0.2) is 0 Å². The summed E-state index contributed by atoms with van der Waals surface area (Å²) in [7, 11) is 0. The lowest BCUT2D eigenvalue weighted by Gasteiger charge is -2.32. The van der Waals surface area contributed by atoms with Crippen LogP contribution in [0.5, 0.6) is 0 Å². The van der Waals surface area contributed by atoms with E-state index in [1.807, 2.05) is 42.2 Å². The van der Waals surface area contributed by atoms with Crippen LogP contribution in [0, 0.1) is 6.92 Å². The number of piperidine rings is 1. The third-order valence-corrected chi connectivity index (χ3v) is 4.25. The molecule has 2 aromatic rings. The maximum absolute atomic E-state index is 12.7. The average molecular weight is 314 g/mol. The van der Waals surface area contributed by atoms with E-state index in [2.05, 4.69) is 4.98 Å². The van der Waals surface area contributed by atoms with Crippen LogP contribution in [0.2, 0.25) is 0 Å². The van der Waals surface area contributed by atoms with Crippen LogP contribution in [0.4, 0.5) is 0 Å². The molecule has 3 rings (SSSR count). The van der Waals surface area contributed by atoms with Crippen molar-refractivity contribution in [1.82, 2.24) is 9.88 Å². The summed E-state index contributed by atoms with van der Waals surface area (Å²) >= 11 is 0. The molecule has 1 amide bonds. The number of benzene rings is 1. The second kappa shape index (κ2) is 7.06. The lowest BCUT2D eigenvalue weighted by molar-refractivity contribution is -0.00553. The standard InChI is InChI=1S/C18H22N2O3/c1-13-2-3-14-12-15(4-5-17(14)19-13)18(22)20-8-6-16(7-9-20)23-11-10-21/h2-5,12,16,21H,6-11H2,1H3. The normalized spacial score (nSPS) is 16.0. The van der Waals surface area contributed by atoms with Gasteiger partial charge in [-0.3, -0.25) is 9.78 Å². The molecule has 1 fully saturated rings. The lowest BCUT2D eigenvalue weighted by Crippen LogP contribution is -2.41. The zero-order chi connectivity index (χ0) is 16.2. The van der Waals surface area contributed by atoms with E-state index in [1.54, 1.807) is 0 Å². The number of aryl methyl sites for hydroxylation is 1. The fourth-order valence-corrected chi connectivity index (χ4v) is 2.99. The van der Waals surface area contributed by atoms with Crippen molar-refractivity contribution < 1.29 is 14.6 Å². The maximum Gasteiger partial charge on any atom is 0.253 e. The highest BCUT2D eigenvalue weighted by molar-refractivity contribution is 5.98. The number of aromatic nitrogens is 1. The van der Waals surface area contributed by atoms with Gasteiger partial charge in [-0.15, -0.1) is 0 Å². The first-order chi connectivity index (χ1) is 11.2. The first kappa shape index (κ1) is 15.9. The third-order valence-electron chi connectivity index (χ3n) is 4.25. The Morgan fingerprint density at radius 2 is 2.09 bits per heavy atom. The number of amides is 1. The molecule has 1 saturated heterocycles. The van der Waals surface area contributed by atoms with Crippen LogP contribution in [-0.4, -0.2) is 53.3 Å². The molecular weight excluding hydrogens is 292 g/mol. The summed E-state index contributed by atoms with van der Waals surface area (Å²) in [5, 5.41) is 9.78. The highest BCUT2D eigenvalue weighted by Crippen LogP contribution is 2.19. The molecule has 1 N–H and O–H groups in total. The monoisotopic (exact) mass is 314 g/mol. The Hall–Kier alpha value is -1.98. The summed E-state index contributed by atoms with van der Waals surface area (Å²) in [5.74, 6) is 0.0630. The van der Waals surface area contributed by atoms with Crippen LogP contribution < -0.4 is 0 Å². The van der Waals surface area contributed by atoms with Crippen LogP contribution in [0.15, 0.2) is 30.3 Å². The summed E-state index contributed by atoms with van der Waals surface area (Å²) < 4.78 is 5.54. The van der Waals surface area contributed by atoms with Crippen molar-refractivity contribution >= 4 is 16.8 Å². The van der Waals surface area contributed by atoms with Gasteiger partial charge in [-0.05, 0) is 44.0 Å². The van der Waals surface area contributed by atoms with E-state index in [4.69, 9.17) is 9.84 Å². The molecule has 1 aliphatic rings. The SMILES string of the molecule is Cc1ccc2cc(C(=O)N3CCC(OCCO)CC3)ccc2n1. The van der Waals surface area contributed by atoms with E-state index in [0.29, 0.717) is 25.3 Å². The largest absolute Gasteiger partial charge is 0.394 e. The van der Waals surface area contributed by atoms with Gasteiger partial charge in [-0.2, -0.15) is 0 Å². The molecule has 1 aliphatic heterocycles. The molecular formula is C18H22N2O3. The van der Waals surface area contributed by atoms with Crippen LogP contribution in [0.3, 0.4) is 0 Å². The Bertz CT molecular complexity index is 694. The van der Waals surface area contributed by atoms with Crippen LogP contribution in [0.25, 0.3) is 10.9 Å². The minimum absolute atomic E-state index is 0.0454. The van der Waals surface area contributed by atoms with Crippen molar-refractivity contribution in [2.24, 2.45) is 0 Å². The number of rotatable bonds is 4. The van der Waals surface area contributed by atoms with Gasteiger partial charge in [-0.1, -0.05) is 6.07 Å². The number of aliphatic hydroxyl groups excluding tert-OH is 1. The van der Waals surface area contributed by atoms with E-state index in [-0.39, 0.29) is 18.6 Å². The second-order valence-corrected chi connectivity index (χ2v) is 5.95. The Balaban J connectivity index is 1.68. The van der Waals surface area contributed by atoms with Crippen molar-refractivity contribution in [1.29, 1.82) is 0 Å². The highest BCUT2D eigenvalue weighted by atomic mass is 16.5. The summed E-state index contributed by atoms with van der Waals surface area (Å²) in [4.78, 5) is 19.0.